The van der Waals surface area contributed by atoms with Gasteiger partial charge < -0.3 is 25.5 Å². The van der Waals surface area contributed by atoms with E-state index in [0.717, 1.165) is 25.7 Å². The van der Waals surface area contributed by atoms with Crippen LogP contribution < -0.4 is 0 Å². The first-order valence-corrected chi connectivity index (χ1v) is 13.8. The van der Waals surface area contributed by atoms with Gasteiger partial charge in [0.2, 0.25) is 0 Å². The molecule has 0 bridgehead atoms. The number of allylic oxidation sites excluding steroid dienone is 1. The van der Waals surface area contributed by atoms with Crippen LogP contribution in [-0.2, 0) is 4.79 Å². The molecular weight excluding hydrogens is 444 g/mol. The normalized spacial score (nSPS) is 55.0. The maximum atomic E-state index is 12.7. The van der Waals surface area contributed by atoms with Crippen molar-refractivity contribution in [3.63, 3.8) is 0 Å². The van der Waals surface area contributed by atoms with Crippen LogP contribution in [0.25, 0.3) is 0 Å². The number of carboxylic acids is 1. The molecule has 0 amide bonds. The van der Waals surface area contributed by atoms with Crippen molar-refractivity contribution >= 4 is 5.97 Å². The van der Waals surface area contributed by atoms with Crippen LogP contribution in [0.5, 0.6) is 0 Å². The zero-order valence-electron chi connectivity index (χ0n) is 22.1. The van der Waals surface area contributed by atoms with Crippen molar-refractivity contribution in [2.24, 2.45) is 50.7 Å². The van der Waals surface area contributed by atoms with Crippen molar-refractivity contribution in [2.45, 2.75) is 104 Å². The van der Waals surface area contributed by atoms with E-state index in [-0.39, 0.29) is 46.5 Å². The molecule has 0 aromatic rings. The van der Waals surface area contributed by atoms with Gasteiger partial charge in [-0.05, 0) is 85.4 Å². The molecule has 5 N–H and O–H groups in total. The molecule has 0 aromatic heterocycles. The minimum absolute atomic E-state index is 0.0698. The van der Waals surface area contributed by atoms with E-state index in [2.05, 4.69) is 33.8 Å². The highest BCUT2D eigenvalue weighted by molar-refractivity contribution is 5.76. The van der Waals surface area contributed by atoms with Crippen LogP contribution >= 0.6 is 0 Å². The average molecular weight is 491 g/mol. The summed E-state index contributed by atoms with van der Waals surface area (Å²) in [5, 5.41) is 54.2. The Balaban J connectivity index is 1.59. The lowest BCUT2D eigenvalue weighted by molar-refractivity contribution is -0.235. The van der Waals surface area contributed by atoms with E-state index in [1.54, 1.807) is 0 Å². The summed E-state index contributed by atoms with van der Waals surface area (Å²) in [5.41, 5.74) is -1.09. The van der Waals surface area contributed by atoms with Gasteiger partial charge in [-0.25, -0.2) is 0 Å². The smallest absolute Gasteiger partial charge is 0.310 e. The lowest BCUT2D eigenvalue weighted by Crippen LogP contribution is -2.67. The van der Waals surface area contributed by atoms with Gasteiger partial charge in [0, 0.05) is 11.3 Å². The Bertz CT molecular complexity index is 928. The first-order chi connectivity index (χ1) is 16.2. The van der Waals surface area contributed by atoms with Crippen molar-refractivity contribution in [3.05, 3.63) is 11.6 Å². The number of hydrogen-bond acceptors (Lipinski definition) is 5. The molecule has 4 fully saturated rings. The molecule has 198 valence electrons. The fourth-order valence-corrected chi connectivity index (χ4v) is 10.4. The molecule has 4 saturated carbocycles. The van der Waals surface area contributed by atoms with Crippen molar-refractivity contribution in [2.75, 3.05) is 6.61 Å². The largest absolute Gasteiger partial charge is 0.481 e. The maximum absolute atomic E-state index is 12.7. The predicted molar refractivity (Wildman–Crippen MR) is 132 cm³/mol. The van der Waals surface area contributed by atoms with Crippen LogP contribution in [-0.4, -0.2) is 56.4 Å². The van der Waals surface area contributed by atoms with Gasteiger partial charge in [-0.15, -0.1) is 0 Å². The Morgan fingerprint density at radius 1 is 0.914 bits per heavy atom. The highest BCUT2D eigenvalue weighted by Crippen LogP contribution is 2.72. The van der Waals surface area contributed by atoms with Crippen LogP contribution in [0.15, 0.2) is 11.6 Å². The number of carboxylic acid groups (broad SMARTS) is 1. The van der Waals surface area contributed by atoms with Gasteiger partial charge >= 0.3 is 5.97 Å². The zero-order chi connectivity index (χ0) is 25.8. The topological polar surface area (TPSA) is 118 Å². The summed E-state index contributed by atoms with van der Waals surface area (Å²) < 4.78 is 0. The molecule has 5 unspecified atom stereocenters. The molecule has 35 heavy (non-hydrogen) atoms. The number of rotatable bonds is 2. The van der Waals surface area contributed by atoms with Crippen LogP contribution in [0, 0.1) is 50.7 Å². The van der Waals surface area contributed by atoms with Gasteiger partial charge in [-0.1, -0.05) is 46.3 Å². The lowest BCUT2D eigenvalue weighted by Gasteiger charge is -2.68. The molecular formula is C29H46O6. The summed E-state index contributed by atoms with van der Waals surface area (Å²) in [6.07, 6.45) is 5.65. The van der Waals surface area contributed by atoms with E-state index in [1.165, 1.54) is 5.57 Å². The maximum Gasteiger partial charge on any atom is 0.310 e. The Morgan fingerprint density at radius 3 is 2.23 bits per heavy atom. The van der Waals surface area contributed by atoms with Gasteiger partial charge in [0.05, 0.1) is 30.3 Å². The minimum Gasteiger partial charge on any atom is -0.481 e. The summed E-state index contributed by atoms with van der Waals surface area (Å²) in [6, 6.07) is 0. The highest BCUT2D eigenvalue weighted by atomic mass is 16.4. The third kappa shape index (κ3) is 3.12. The van der Waals surface area contributed by atoms with Crippen molar-refractivity contribution in [1.29, 1.82) is 0 Å². The Kier molecular flexibility index (Phi) is 5.71. The molecule has 0 saturated heterocycles. The van der Waals surface area contributed by atoms with Crippen LogP contribution in [0.3, 0.4) is 0 Å². The molecule has 6 nitrogen and oxygen atoms in total. The first kappa shape index (κ1) is 25.7. The SMILES string of the molecule is CC1(C)CC[C@]2(C(=O)O)CCC3C(=CCC4[C@@]3(C)CCC3[C@]4(C)C[C@@H](O)[C@H](O)[C@@]3(C)CO)C2C1O. The van der Waals surface area contributed by atoms with E-state index < -0.39 is 35.1 Å². The molecule has 0 aromatic carbocycles. The van der Waals surface area contributed by atoms with E-state index in [4.69, 9.17) is 0 Å². The summed E-state index contributed by atoms with van der Waals surface area (Å²) in [5.74, 6) is -0.534. The fourth-order valence-electron chi connectivity index (χ4n) is 10.4. The molecule has 5 aliphatic rings. The highest BCUT2D eigenvalue weighted by Gasteiger charge is 2.68. The first-order valence-electron chi connectivity index (χ1n) is 13.8. The fraction of sp³-hybridized carbons (Fsp3) is 0.897. The third-order valence-corrected chi connectivity index (χ3v) is 12.6. The van der Waals surface area contributed by atoms with E-state index in [0.29, 0.717) is 25.7 Å². The second-order valence-corrected chi connectivity index (χ2v) is 14.4. The van der Waals surface area contributed by atoms with Gasteiger partial charge in [-0.2, -0.15) is 0 Å². The van der Waals surface area contributed by atoms with E-state index in [1.807, 2.05) is 6.92 Å². The van der Waals surface area contributed by atoms with Crippen LogP contribution in [0.1, 0.15) is 86.0 Å². The van der Waals surface area contributed by atoms with Crippen molar-refractivity contribution in [3.8, 4) is 0 Å². The number of aliphatic hydroxyl groups is 4. The monoisotopic (exact) mass is 490 g/mol. The number of fused-ring (bicyclic) bond motifs is 7. The minimum atomic E-state index is -0.935. The van der Waals surface area contributed by atoms with Crippen molar-refractivity contribution < 1.29 is 30.3 Å². The van der Waals surface area contributed by atoms with Crippen LogP contribution in [0.4, 0.5) is 0 Å². The Labute approximate surface area is 209 Å². The molecule has 0 aliphatic heterocycles. The van der Waals surface area contributed by atoms with Crippen molar-refractivity contribution in [1.82, 2.24) is 0 Å². The second kappa shape index (κ2) is 7.78. The average Bonchev–Trinajstić information content (AvgIpc) is 2.79. The van der Waals surface area contributed by atoms with Gasteiger partial charge in [0.25, 0.3) is 0 Å². The quantitative estimate of drug-likeness (QED) is 0.376. The predicted octanol–water partition coefficient (Wildman–Crippen LogP) is 3.76. The van der Waals surface area contributed by atoms with Gasteiger partial charge in [0.15, 0.2) is 0 Å². The number of hydrogen-bond donors (Lipinski definition) is 5. The Morgan fingerprint density at radius 2 is 1.60 bits per heavy atom. The summed E-state index contributed by atoms with van der Waals surface area (Å²) in [6.45, 7) is 10.5. The Hall–Kier alpha value is -0.950. The number of aliphatic carboxylic acids is 1. The molecule has 11 atom stereocenters. The third-order valence-electron chi connectivity index (χ3n) is 12.6. The molecule has 0 heterocycles. The van der Waals surface area contributed by atoms with Crippen LogP contribution in [0.2, 0.25) is 0 Å². The summed E-state index contributed by atoms with van der Waals surface area (Å²) >= 11 is 0. The summed E-state index contributed by atoms with van der Waals surface area (Å²) in [7, 11) is 0. The van der Waals surface area contributed by atoms with E-state index in [9.17, 15) is 30.3 Å². The number of aliphatic hydroxyl groups excluding tert-OH is 4. The molecule has 6 heteroatoms. The molecule has 5 aliphatic carbocycles. The standard InChI is InChI=1S/C29H46O6/c1-25(2)12-13-29(24(34)35)11-8-17-16(21(29)23(25)33)6-7-19-26(17,3)10-9-20-27(19,4)14-18(31)22(32)28(20,5)15-30/h6,17-23,30-33H,7-15H2,1-5H3,(H,34,35)/t17?,18-,19?,20?,21?,22+,23?,26+,27-,28+,29-/m1/s1. The summed E-state index contributed by atoms with van der Waals surface area (Å²) in [4.78, 5) is 12.7. The molecule has 0 spiro atoms. The van der Waals surface area contributed by atoms with Gasteiger partial charge in [-0.3, -0.25) is 4.79 Å². The number of carbonyl (C=O) groups is 1. The zero-order valence-corrected chi connectivity index (χ0v) is 22.1. The second-order valence-electron chi connectivity index (χ2n) is 14.4. The van der Waals surface area contributed by atoms with Gasteiger partial charge in [0.1, 0.15) is 0 Å². The molecule has 0 radical (unpaired) electrons. The lowest BCUT2D eigenvalue weighted by atomic mass is 9.36. The molecule has 5 rings (SSSR count). The van der Waals surface area contributed by atoms with E-state index >= 15 is 0 Å².